The van der Waals surface area contributed by atoms with E-state index in [1.165, 1.54) is 0 Å². The molecule has 2 aliphatic rings. The number of nitrogens with zero attached hydrogens (tertiary/aromatic N) is 1. The highest BCUT2D eigenvalue weighted by Gasteiger charge is 2.41. The van der Waals surface area contributed by atoms with Crippen molar-refractivity contribution < 1.29 is 36.2 Å². The molecular weight excluding hydrogens is 444 g/mol. The van der Waals surface area contributed by atoms with Crippen LogP contribution in [0.2, 0.25) is 6.43 Å². The van der Waals surface area contributed by atoms with E-state index in [1.807, 2.05) is 5.32 Å². The van der Waals surface area contributed by atoms with Crippen LogP contribution in [0.5, 0.6) is 0 Å². The molecule has 166 valence electrons. The Labute approximate surface area is 195 Å². The van der Waals surface area contributed by atoms with E-state index in [0.29, 0.717) is 11.0 Å². The third-order valence-corrected chi connectivity index (χ3v) is 5.17. The molecule has 0 spiro atoms. The van der Waals surface area contributed by atoms with Crippen molar-refractivity contribution in [3.05, 3.63) is 69.7 Å². The summed E-state index contributed by atoms with van der Waals surface area (Å²) >= 11 is 5.67. The fraction of sp³-hybridized carbons (Fsp3) is 0.273. The van der Waals surface area contributed by atoms with E-state index < -0.39 is 82.2 Å². The number of piperidine rings is 1. The Hall–Kier alpha value is -3.33. The zero-order valence-electron chi connectivity index (χ0n) is 22.1. The minimum atomic E-state index is -4.36. The number of carbonyl (C=O) groups is 4. The molecule has 0 saturated carbocycles. The van der Waals surface area contributed by atoms with Crippen LogP contribution in [0.4, 0.5) is 8.78 Å². The number of rotatable bonds is 5. The molecule has 2 N–H and O–H groups in total. The molecule has 7 nitrogen and oxygen atoms in total. The van der Waals surface area contributed by atoms with Gasteiger partial charge in [0, 0.05) is 35.6 Å². The lowest BCUT2D eigenvalue weighted by Crippen LogP contribution is -2.52. The third-order valence-electron chi connectivity index (χ3n) is 4.92. The molecule has 2 aromatic carbocycles. The van der Waals surface area contributed by atoms with Gasteiger partial charge in [0.05, 0.1) is 6.85 Å². The molecule has 2 heterocycles. The Balaban J connectivity index is 1.71. The van der Waals surface area contributed by atoms with Crippen LogP contribution >= 0.6 is 11.6 Å². The van der Waals surface area contributed by atoms with E-state index in [9.17, 15) is 28.0 Å². The van der Waals surface area contributed by atoms with E-state index in [1.54, 1.807) is 0 Å². The molecule has 0 aromatic heterocycles. The summed E-state index contributed by atoms with van der Waals surface area (Å²) in [4.78, 5) is 50.0. The number of hydrogen-bond acceptors (Lipinski definition) is 4. The SMILES string of the molecule is [2H]c1cc2c(cc1C([2H])([2H])N([2H])C(=O)C(F)(F)c1ccc(Cl)cc1)C([2H])([2H])N(C1CCC(=O)NC1=O)C2=O. The number of nitrogens with one attached hydrogen (secondary N) is 2. The van der Waals surface area contributed by atoms with E-state index in [2.05, 4.69) is 0 Å². The van der Waals surface area contributed by atoms with Gasteiger partial charge >= 0.3 is 5.92 Å². The number of imide groups is 1. The summed E-state index contributed by atoms with van der Waals surface area (Å²) < 4.78 is 79.3. The normalized spacial score (nSPS) is 23.2. The van der Waals surface area contributed by atoms with Gasteiger partial charge in [0.2, 0.25) is 11.8 Å². The molecule has 1 atom stereocenters. The fourth-order valence-corrected chi connectivity index (χ4v) is 3.37. The standard InChI is InChI=1S/C22H18ClF2N3O4/c23-15-4-2-14(3-5-15)22(24,25)21(32)26-10-12-1-6-16-13(9-12)11-28(20(16)31)17-7-8-18(29)27-19(17)30/h1-6,9,17H,7-8,10-11H2,(H,26,32)(H,27,29,30)/i1D,10D2,11D2/hD. The highest BCUT2D eigenvalue weighted by Crippen LogP contribution is 2.30. The topological polar surface area (TPSA) is 95.6 Å². The Morgan fingerprint density at radius 3 is 2.75 bits per heavy atom. The van der Waals surface area contributed by atoms with Crippen molar-refractivity contribution in [1.82, 2.24) is 15.5 Å². The number of benzene rings is 2. The van der Waals surface area contributed by atoms with E-state index >= 15 is 0 Å². The monoisotopic (exact) mass is 467 g/mol. The summed E-state index contributed by atoms with van der Waals surface area (Å²) in [6, 6.07) is 3.15. The van der Waals surface area contributed by atoms with Gasteiger partial charge in [-0.3, -0.25) is 24.5 Å². The van der Waals surface area contributed by atoms with Crippen LogP contribution in [-0.4, -0.2) is 34.6 Å². The molecule has 10 heteroatoms. The van der Waals surface area contributed by atoms with Crippen LogP contribution in [0.15, 0.2) is 42.4 Å². The van der Waals surface area contributed by atoms with Crippen LogP contribution in [0, 0.1) is 0 Å². The summed E-state index contributed by atoms with van der Waals surface area (Å²) in [5.74, 6) is -9.15. The lowest BCUT2D eigenvalue weighted by atomic mass is 10.0. The fourth-order valence-electron chi connectivity index (χ4n) is 3.25. The number of carbonyl (C=O) groups excluding carboxylic acids is 4. The number of hydrogen-bond donors (Lipinski definition) is 2. The number of fused-ring (bicyclic) bond motifs is 1. The smallest absolute Gasteiger partial charge is 0.346 e. The van der Waals surface area contributed by atoms with Gasteiger partial charge in [-0.1, -0.05) is 35.8 Å². The van der Waals surface area contributed by atoms with Crippen LogP contribution in [0.1, 0.15) is 46.7 Å². The maximum absolute atomic E-state index is 14.9. The summed E-state index contributed by atoms with van der Waals surface area (Å²) in [5, 5.41) is 1.47. The maximum atomic E-state index is 14.9. The summed E-state index contributed by atoms with van der Waals surface area (Å²) in [7, 11) is 0. The predicted molar refractivity (Wildman–Crippen MR) is 110 cm³/mol. The van der Waals surface area contributed by atoms with Crippen molar-refractivity contribution in [2.24, 2.45) is 0 Å². The second-order valence-electron chi connectivity index (χ2n) is 7.04. The Kier molecular flexibility index (Phi) is 4.02. The molecule has 32 heavy (non-hydrogen) atoms. The second-order valence-corrected chi connectivity index (χ2v) is 7.47. The average Bonchev–Trinajstić information content (AvgIpc) is 3.02. The Morgan fingerprint density at radius 2 is 2.06 bits per heavy atom. The van der Waals surface area contributed by atoms with Crippen molar-refractivity contribution >= 4 is 35.2 Å². The highest BCUT2D eigenvalue weighted by molar-refractivity contribution is 6.30. The first kappa shape index (κ1) is 15.5. The van der Waals surface area contributed by atoms with Gasteiger partial charge in [-0.2, -0.15) is 8.78 Å². The zero-order chi connectivity index (χ0) is 28.4. The lowest BCUT2D eigenvalue weighted by Gasteiger charge is -2.29. The molecule has 2 aromatic rings. The molecular formula is C22H18ClF2N3O4. The third kappa shape index (κ3) is 4.08. The van der Waals surface area contributed by atoms with Gasteiger partial charge in [0.25, 0.3) is 11.8 Å². The van der Waals surface area contributed by atoms with Crippen molar-refractivity contribution in [2.75, 3.05) is 0 Å². The van der Waals surface area contributed by atoms with Crippen LogP contribution in [0.25, 0.3) is 0 Å². The van der Waals surface area contributed by atoms with Crippen LogP contribution in [0.3, 0.4) is 0 Å². The molecule has 2 aliphatic heterocycles. The summed E-state index contributed by atoms with van der Waals surface area (Å²) in [6.45, 7) is -6.11. The molecule has 1 fully saturated rings. The van der Waals surface area contributed by atoms with Gasteiger partial charge < -0.3 is 10.2 Å². The van der Waals surface area contributed by atoms with Gasteiger partial charge in [0.1, 0.15) is 6.04 Å². The molecule has 0 radical (unpaired) electrons. The molecule has 0 aliphatic carbocycles. The maximum Gasteiger partial charge on any atom is 0.349 e. The Bertz CT molecular complexity index is 1380. The van der Waals surface area contributed by atoms with Crippen LogP contribution < -0.4 is 10.6 Å². The van der Waals surface area contributed by atoms with Gasteiger partial charge in [-0.15, -0.1) is 0 Å². The second kappa shape index (κ2) is 8.31. The summed E-state index contributed by atoms with van der Waals surface area (Å²) in [6.07, 6.45) is -0.345. The minimum Gasteiger partial charge on any atom is -0.346 e. The van der Waals surface area contributed by atoms with E-state index in [4.69, 9.17) is 19.9 Å². The predicted octanol–water partition coefficient (Wildman–Crippen LogP) is 2.51. The Morgan fingerprint density at radius 1 is 1.34 bits per heavy atom. The average molecular weight is 468 g/mol. The molecule has 4 rings (SSSR count). The van der Waals surface area contributed by atoms with Crippen molar-refractivity contribution in [2.45, 2.75) is 37.8 Å². The van der Waals surface area contributed by atoms with Crippen molar-refractivity contribution in [1.29, 1.82) is 0 Å². The molecule has 4 amide bonds. The first-order valence-electron chi connectivity index (χ1n) is 12.3. The van der Waals surface area contributed by atoms with E-state index in [-0.39, 0.29) is 17.9 Å². The van der Waals surface area contributed by atoms with Gasteiger partial charge in [-0.05, 0) is 35.7 Å². The molecule has 1 saturated heterocycles. The van der Waals surface area contributed by atoms with Crippen LogP contribution in [-0.2, 0) is 33.3 Å². The zero-order valence-corrected chi connectivity index (χ0v) is 16.9. The first-order valence-corrected chi connectivity index (χ1v) is 9.69. The van der Waals surface area contributed by atoms with Crippen molar-refractivity contribution in [3.8, 4) is 0 Å². The van der Waals surface area contributed by atoms with Gasteiger partial charge in [-0.25, -0.2) is 0 Å². The number of alkyl halides is 2. The molecule has 0 bridgehead atoms. The summed E-state index contributed by atoms with van der Waals surface area (Å²) in [5.41, 5.74) is -2.58. The number of halogens is 3. The van der Waals surface area contributed by atoms with Gasteiger partial charge in [0.15, 0.2) is 1.41 Å². The van der Waals surface area contributed by atoms with Crippen molar-refractivity contribution in [3.63, 3.8) is 0 Å². The first-order chi connectivity index (χ1) is 17.5. The molecule has 1 unspecified atom stereocenters. The largest absolute Gasteiger partial charge is 0.349 e. The highest BCUT2D eigenvalue weighted by atomic mass is 35.5. The van der Waals surface area contributed by atoms with E-state index in [0.717, 1.165) is 30.3 Å². The lowest BCUT2D eigenvalue weighted by molar-refractivity contribution is -0.147. The quantitative estimate of drug-likeness (QED) is 0.660. The minimum absolute atomic E-state index is 0.0993. The number of amides is 4.